The number of ether oxygens (including phenoxy) is 6. The number of carbonyl (C=O) groups is 3. The normalized spacial score (nSPS) is 21.2. The van der Waals surface area contributed by atoms with E-state index in [-0.39, 0.29) is 0 Å². The van der Waals surface area contributed by atoms with E-state index >= 15 is 0 Å². The van der Waals surface area contributed by atoms with Gasteiger partial charge in [0.25, 0.3) is 0 Å². The van der Waals surface area contributed by atoms with Gasteiger partial charge >= 0.3 is 80.3 Å². The molecule has 0 saturated carbocycles. The number of esters is 3. The zero-order valence-corrected chi connectivity index (χ0v) is 37.4. The molecule has 3 aromatic carbocycles. The van der Waals surface area contributed by atoms with Crippen LogP contribution in [-0.2, 0) is 90.8 Å². The standard InChI is InChI=1S/C29H26O33S6/c1-12-51-11-22-23(52-12)24(54-26(30)13-2-16(57-63(33,34)35)8-17(3-13)58-64(36,37)38)25(55-27(31)14-4-18(59-65(39,40)41)9-19(5-14)60-66(42,43)44)29(53-22)56-28(32)15-6-20(61-67(45,46)47)10-21(7-15)62-68(48,49)50/h2-10,12,22-25,29H,11H2,1H3,(H,33,34,35)(H,36,37,38)(H,39,40,41)(H,42,43,44)(H,45,46,47)(H,48,49,50)/t12?,22-,23-,24+,25-,29-/m1/s1. The molecular formula is C29H26O33S6. The number of hydrogen-bond acceptors (Lipinski definition) is 27. The molecule has 2 fully saturated rings. The molecule has 0 radical (unpaired) electrons. The molecule has 3 aromatic rings. The van der Waals surface area contributed by atoms with Crippen LogP contribution in [0.3, 0.4) is 0 Å². The Labute approximate surface area is 380 Å². The van der Waals surface area contributed by atoms with Gasteiger partial charge in [-0.2, -0.15) is 50.5 Å². The van der Waals surface area contributed by atoms with Crippen LogP contribution in [0.5, 0.6) is 34.5 Å². The van der Waals surface area contributed by atoms with Crippen molar-refractivity contribution in [2.24, 2.45) is 0 Å². The second-order valence-electron chi connectivity index (χ2n) is 12.8. The second kappa shape index (κ2) is 19.7. The van der Waals surface area contributed by atoms with Gasteiger partial charge in [0.1, 0.15) is 46.7 Å². The van der Waals surface area contributed by atoms with Crippen LogP contribution >= 0.6 is 0 Å². The van der Waals surface area contributed by atoms with E-state index < -0.39 is 175 Å². The van der Waals surface area contributed by atoms with Crippen LogP contribution in [0.25, 0.3) is 0 Å². The molecule has 68 heavy (non-hydrogen) atoms. The molecule has 5 rings (SSSR count). The summed E-state index contributed by atoms with van der Waals surface area (Å²) in [6, 6.07) is 3.84. The fourth-order valence-corrected chi connectivity index (χ4v) is 7.70. The number of benzene rings is 3. The predicted octanol–water partition coefficient (Wildman–Crippen LogP) is -1.13. The highest BCUT2D eigenvalue weighted by molar-refractivity contribution is 7.82. The summed E-state index contributed by atoms with van der Waals surface area (Å²) >= 11 is 0. The Hall–Kier alpha value is -5.79. The van der Waals surface area contributed by atoms with Gasteiger partial charge in [0.2, 0.25) is 12.4 Å². The van der Waals surface area contributed by atoms with Crippen molar-refractivity contribution < 1.29 is 146 Å². The molecule has 2 heterocycles. The molecule has 0 spiro atoms. The lowest BCUT2D eigenvalue weighted by atomic mass is 9.97. The van der Waals surface area contributed by atoms with E-state index in [2.05, 4.69) is 25.1 Å². The van der Waals surface area contributed by atoms with Gasteiger partial charge < -0.3 is 53.5 Å². The van der Waals surface area contributed by atoms with Crippen LogP contribution in [0.4, 0.5) is 0 Å². The fourth-order valence-electron chi connectivity index (χ4n) is 5.67. The molecular weight excluding hydrogens is 1070 g/mol. The summed E-state index contributed by atoms with van der Waals surface area (Å²) in [7, 11) is -32.8. The maximum absolute atomic E-state index is 13.9. The highest BCUT2D eigenvalue weighted by Gasteiger charge is 2.55. The molecule has 39 heteroatoms. The second-order valence-corrected chi connectivity index (χ2v) is 19.0. The van der Waals surface area contributed by atoms with Crippen LogP contribution in [-0.4, -0.2) is 139 Å². The Morgan fingerprint density at radius 2 is 0.721 bits per heavy atom. The quantitative estimate of drug-likeness (QED) is 0.0499. The molecule has 2 saturated heterocycles. The van der Waals surface area contributed by atoms with Crippen LogP contribution in [0.1, 0.15) is 38.0 Å². The highest BCUT2D eigenvalue weighted by Crippen LogP contribution is 2.36. The van der Waals surface area contributed by atoms with Crippen molar-refractivity contribution in [1.82, 2.24) is 0 Å². The molecule has 0 aliphatic carbocycles. The van der Waals surface area contributed by atoms with Crippen LogP contribution in [0.15, 0.2) is 54.6 Å². The molecule has 0 aromatic heterocycles. The topological polar surface area (TPSA) is 488 Å². The van der Waals surface area contributed by atoms with Crippen LogP contribution < -0.4 is 25.1 Å². The van der Waals surface area contributed by atoms with Gasteiger partial charge in [-0.3, -0.25) is 27.3 Å². The minimum Gasteiger partial charge on any atom is -0.452 e. The van der Waals surface area contributed by atoms with E-state index in [9.17, 15) is 92.2 Å². The van der Waals surface area contributed by atoms with Crippen molar-refractivity contribution in [1.29, 1.82) is 0 Å². The molecule has 376 valence electrons. The molecule has 33 nitrogen and oxygen atoms in total. The first-order valence-corrected chi connectivity index (χ1v) is 25.2. The molecule has 6 atom stereocenters. The number of hydrogen-bond donors (Lipinski definition) is 6. The van der Waals surface area contributed by atoms with Gasteiger partial charge in [-0.05, 0) is 43.3 Å². The summed E-state index contributed by atoms with van der Waals surface area (Å²) in [6.07, 6.45) is -12.0. The first kappa shape index (κ1) is 53.2. The molecule has 2 aliphatic rings. The minimum absolute atomic E-state index is 0.388. The Kier molecular flexibility index (Phi) is 15.4. The van der Waals surface area contributed by atoms with Crippen molar-refractivity contribution in [3.63, 3.8) is 0 Å². The summed E-state index contributed by atoms with van der Waals surface area (Å²) < 4.78 is 252. The zero-order chi connectivity index (χ0) is 50.9. The summed E-state index contributed by atoms with van der Waals surface area (Å²) in [5.41, 5.74) is -3.05. The fraction of sp³-hybridized carbons (Fsp3) is 0.276. The largest absolute Gasteiger partial charge is 0.452 e. The van der Waals surface area contributed by atoms with E-state index in [4.69, 9.17) is 28.4 Å². The van der Waals surface area contributed by atoms with Gasteiger partial charge in [0, 0.05) is 18.2 Å². The molecule has 0 amide bonds. The summed E-state index contributed by atoms with van der Waals surface area (Å²) in [4.78, 5) is 41.6. The van der Waals surface area contributed by atoms with Gasteiger partial charge in [-0.25, -0.2) is 14.4 Å². The van der Waals surface area contributed by atoms with E-state index in [0.717, 1.165) is 0 Å². The molecule has 2 aliphatic heterocycles. The third-order valence-corrected chi connectivity index (χ3v) is 10.1. The highest BCUT2D eigenvalue weighted by atomic mass is 32.3. The summed E-state index contributed by atoms with van der Waals surface area (Å²) in [5, 5.41) is 0. The van der Waals surface area contributed by atoms with E-state index in [0.29, 0.717) is 54.6 Å². The monoisotopic (exact) mass is 1090 g/mol. The molecule has 6 N–H and O–H groups in total. The van der Waals surface area contributed by atoms with Crippen molar-refractivity contribution in [3.05, 3.63) is 71.3 Å². The van der Waals surface area contributed by atoms with Crippen molar-refractivity contribution in [2.45, 2.75) is 43.9 Å². The SMILES string of the molecule is CC1OC[C@H]2O[C@H](OC(=O)c3cc(OS(=O)(=O)O)cc(OS(=O)(=O)O)c3)[C@H](OC(=O)c3cc(OS(=O)(=O)O)cc(OS(=O)(=O)O)c3)[C@@H](OC(=O)c3cc(OS(=O)(=O)O)cc(OS(=O)(=O)O)c3)[C@@H]2O1. The average Bonchev–Trinajstić information content (AvgIpc) is 3.11. The van der Waals surface area contributed by atoms with E-state index in [1.807, 2.05) is 0 Å². The van der Waals surface area contributed by atoms with E-state index in [1.165, 1.54) is 6.92 Å². The van der Waals surface area contributed by atoms with Crippen molar-refractivity contribution >= 4 is 80.3 Å². The Balaban J connectivity index is 1.67. The zero-order valence-electron chi connectivity index (χ0n) is 32.5. The van der Waals surface area contributed by atoms with Crippen LogP contribution in [0.2, 0.25) is 0 Å². The Morgan fingerprint density at radius 1 is 0.441 bits per heavy atom. The third kappa shape index (κ3) is 16.5. The maximum Gasteiger partial charge on any atom is 0.446 e. The molecule has 1 unspecified atom stereocenters. The summed E-state index contributed by atoms with van der Waals surface area (Å²) in [6.45, 7) is 0.663. The lowest BCUT2D eigenvalue weighted by Gasteiger charge is -2.47. The molecule has 0 bridgehead atoms. The van der Waals surface area contributed by atoms with Gasteiger partial charge in [-0.1, -0.05) is 0 Å². The van der Waals surface area contributed by atoms with Gasteiger partial charge in [-0.15, -0.1) is 0 Å². The van der Waals surface area contributed by atoms with Crippen molar-refractivity contribution in [2.75, 3.05) is 6.61 Å². The van der Waals surface area contributed by atoms with Gasteiger partial charge in [0.15, 0.2) is 12.4 Å². The maximum atomic E-state index is 13.9. The lowest BCUT2D eigenvalue weighted by Crippen LogP contribution is -2.65. The van der Waals surface area contributed by atoms with Crippen molar-refractivity contribution in [3.8, 4) is 34.5 Å². The third-order valence-electron chi connectivity index (χ3n) is 7.70. The van der Waals surface area contributed by atoms with Crippen LogP contribution in [0, 0.1) is 0 Å². The minimum atomic E-state index is -5.48. The Morgan fingerprint density at radius 3 is 1.01 bits per heavy atom. The first-order valence-electron chi connectivity index (χ1n) is 17.0. The Bertz CT molecular complexity index is 3010. The van der Waals surface area contributed by atoms with Gasteiger partial charge in [0.05, 0.1) is 23.3 Å². The first-order chi connectivity index (χ1) is 31.0. The number of carbonyl (C=O) groups excluding carboxylic acids is 3. The lowest BCUT2D eigenvalue weighted by molar-refractivity contribution is -0.345. The van der Waals surface area contributed by atoms with E-state index in [1.54, 1.807) is 0 Å². The predicted molar refractivity (Wildman–Crippen MR) is 205 cm³/mol. The smallest absolute Gasteiger partial charge is 0.446 e. The summed E-state index contributed by atoms with van der Waals surface area (Å²) in [5.74, 6) is -12.0. The average molecular weight is 1090 g/mol. The number of fused-ring (bicyclic) bond motifs is 1. The number of rotatable bonds is 18.